The van der Waals surface area contributed by atoms with Crippen molar-refractivity contribution >= 4 is 5.91 Å². The molecule has 1 aliphatic heterocycles. The van der Waals surface area contributed by atoms with E-state index in [-0.39, 0.29) is 18.4 Å². The highest BCUT2D eigenvalue weighted by molar-refractivity contribution is 5.77. The van der Waals surface area contributed by atoms with Crippen LogP contribution < -0.4 is 0 Å². The molecule has 24 heavy (non-hydrogen) atoms. The van der Waals surface area contributed by atoms with Gasteiger partial charge in [-0.25, -0.2) is 0 Å². The highest BCUT2D eigenvalue weighted by Crippen LogP contribution is 2.32. The Morgan fingerprint density at radius 3 is 2.96 bits per heavy atom. The number of piperidine rings is 1. The standard InChI is InChI=1S/C19H23N3O2/c1-14-5-3-6-15(11-14)18-19(21-9-8-20-18)16-7-4-10-22(12-16)17(23)13-24-2/h3,5-6,8-9,11,16H,4,7,10,12-13H2,1-2H3. The summed E-state index contributed by atoms with van der Waals surface area (Å²) in [7, 11) is 1.55. The van der Waals surface area contributed by atoms with E-state index in [4.69, 9.17) is 4.74 Å². The van der Waals surface area contributed by atoms with Crippen molar-refractivity contribution in [1.82, 2.24) is 14.9 Å². The van der Waals surface area contributed by atoms with Crippen LogP contribution in [0.3, 0.4) is 0 Å². The summed E-state index contributed by atoms with van der Waals surface area (Å²) in [5.74, 6) is 0.256. The van der Waals surface area contributed by atoms with Gasteiger partial charge in [-0.05, 0) is 25.8 Å². The summed E-state index contributed by atoms with van der Waals surface area (Å²) in [4.78, 5) is 23.2. The Bertz CT molecular complexity index is 717. The van der Waals surface area contributed by atoms with Crippen LogP contribution in [0.1, 0.15) is 30.0 Å². The van der Waals surface area contributed by atoms with E-state index < -0.39 is 0 Å². The number of ether oxygens (including phenoxy) is 1. The number of amides is 1. The molecule has 1 fully saturated rings. The lowest BCUT2D eigenvalue weighted by atomic mass is 9.91. The van der Waals surface area contributed by atoms with Gasteiger partial charge in [-0.2, -0.15) is 0 Å². The third-order valence-electron chi connectivity index (χ3n) is 4.45. The second kappa shape index (κ2) is 7.53. The molecule has 2 heterocycles. The van der Waals surface area contributed by atoms with Gasteiger partial charge in [0.1, 0.15) is 6.61 Å². The molecule has 0 spiro atoms. The molecule has 1 aromatic heterocycles. The molecular weight excluding hydrogens is 302 g/mol. The lowest BCUT2D eigenvalue weighted by Crippen LogP contribution is -2.41. The number of carbonyl (C=O) groups excluding carboxylic acids is 1. The van der Waals surface area contributed by atoms with Gasteiger partial charge in [0.2, 0.25) is 5.91 Å². The van der Waals surface area contributed by atoms with Gasteiger partial charge in [0.25, 0.3) is 0 Å². The van der Waals surface area contributed by atoms with Crippen molar-refractivity contribution in [3.63, 3.8) is 0 Å². The van der Waals surface area contributed by atoms with E-state index >= 15 is 0 Å². The van der Waals surface area contributed by atoms with E-state index in [0.29, 0.717) is 6.54 Å². The minimum Gasteiger partial charge on any atom is -0.375 e. The van der Waals surface area contributed by atoms with Gasteiger partial charge < -0.3 is 9.64 Å². The first kappa shape index (κ1) is 16.6. The average Bonchev–Trinajstić information content (AvgIpc) is 2.62. The lowest BCUT2D eigenvalue weighted by molar-refractivity contribution is -0.136. The Morgan fingerprint density at radius 1 is 1.33 bits per heavy atom. The number of methoxy groups -OCH3 is 1. The average molecular weight is 325 g/mol. The summed E-state index contributed by atoms with van der Waals surface area (Å²) in [5, 5.41) is 0. The molecule has 1 saturated heterocycles. The molecule has 3 rings (SSSR count). The Balaban J connectivity index is 1.88. The van der Waals surface area contributed by atoms with Gasteiger partial charge in [-0.1, -0.05) is 23.8 Å². The zero-order valence-electron chi connectivity index (χ0n) is 14.2. The van der Waals surface area contributed by atoms with Crippen LogP contribution in [-0.4, -0.2) is 47.6 Å². The first-order chi connectivity index (χ1) is 11.7. The number of likely N-dealkylation sites (tertiary alicyclic amines) is 1. The first-order valence-corrected chi connectivity index (χ1v) is 8.33. The number of hydrogen-bond acceptors (Lipinski definition) is 4. The predicted molar refractivity (Wildman–Crippen MR) is 92.6 cm³/mol. The maximum atomic E-state index is 12.1. The fourth-order valence-electron chi connectivity index (χ4n) is 3.30. The van der Waals surface area contributed by atoms with Crippen molar-refractivity contribution in [2.24, 2.45) is 0 Å². The summed E-state index contributed by atoms with van der Waals surface area (Å²) < 4.78 is 4.98. The van der Waals surface area contributed by atoms with Crippen LogP contribution >= 0.6 is 0 Å². The molecule has 1 aliphatic rings. The molecule has 126 valence electrons. The predicted octanol–water partition coefficient (Wildman–Crippen LogP) is 2.80. The van der Waals surface area contributed by atoms with Crippen molar-refractivity contribution in [1.29, 1.82) is 0 Å². The monoisotopic (exact) mass is 325 g/mol. The van der Waals surface area contributed by atoms with E-state index in [2.05, 4.69) is 35.1 Å². The highest BCUT2D eigenvalue weighted by Gasteiger charge is 2.27. The van der Waals surface area contributed by atoms with E-state index in [1.54, 1.807) is 19.5 Å². The van der Waals surface area contributed by atoms with Crippen molar-refractivity contribution in [3.05, 3.63) is 47.9 Å². The molecule has 0 N–H and O–H groups in total. The number of aromatic nitrogens is 2. The first-order valence-electron chi connectivity index (χ1n) is 8.33. The molecule has 0 saturated carbocycles. The second-order valence-corrected chi connectivity index (χ2v) is 6.27. The summed E-state index contributed by atoms with van der Waals surface area (Å²) in [6.07, 6.45) is 5.47. The van der Waals surface area contributed by atoms with Crippen LogP contribution in [0.15, 0.2) is 36.7 Å². The highest BCUT2D eigenvalue weighted by atomic mass is 16.5. The van der Waals surface area contributed by atoms with Crippen molar-refractivity contribution in [2.75, 3.05) is 26.8 Å². The zero-order chi connectivity index (χ0) is 16.9. The molecule has 5 nitrogen and oxygen atoms in total. The molecule has 0 bridgehead atoms. The van der Waals surface area contributed by atoms with Gasteiger partial charge in [0.15, 0.2) is 0 Å². The van der Waals surface area contributed by atoms with Gasteiger partial charge >= 0.3 is 0 Å². The van der Waals surface area contributed by atoms with Crippen LogP contribution in [0.4, 0.5) is 0 Å². The SMILES string of the molecule is COCC(=O)N1CCCC(c2nccnc2-c2cccc(C)c2)C1. The summed E-state index contributed by atoms with van der Waals surface area (Å²) in [6.45, 7) is 3.68. The molecule has 1 amide bonds. The van der Waals surface area contributed by atoms with Crippen LogP contribution in [0.25, 0.3) is 11.3 Å². The quantitative estimate of drug-likeness (QED) is 0.867. The van der Waals surface area contributed by atoms with Gasteiger partial charge in [-0.15, -0.1) is 0 Å². The summed E-state index contributed by atoms with van der Waals surface area (Å²) in [6, 6.07) is 8.31. The van der Waals surface area contributed by atoms with Gasteiger partial charge in [0.05, 0.1) is 11.4 Å². The molecule has 0 radical (unpaired) electrons. The number of benzene rings is 1. The van der Waals surface area contributed by atoms with Crippen LogP contribution in [0, 0.1) is 6.92 Å². The largest absolute Gasteiger partial charge is 0.375 e. The molecule has 5 heteroatoms. The van der Waals surface area contributed by atoms with E-state index in [1.165, 1.54) is 5.56 Å². The maximum absolute atomic E-state index is 12.1. The normalized spacial score (nSPS) is 17.8. The molecular formula is C19H23N3O2. The third kappa shape index (κ3) is 3.62. The summed E-state index contributed by atoms with van der Waals surface area (Å²) >= 11 is 0. The lowest BCUT2D eigenvalue weighted by Gasteiger charge is -2.33. The minimum absolute atomic E-state index is 0.0446. The van der Waals surface area contributed by atoms with E-state index in [1.807, 2.05) is 11.0 Å². The molecule has 1 atom stereocenters. The Kier molecular flexibility index (Phi) is 5.20. The number of nitrogens with zero attached hydrogens (tertiary/aromatic N) is 3. The number of aryl methyl sites for hydroxylation is 1. The molecule has 2 aromatic rings. The Morgan fingerprint density at radius 2 is 2.17 bits per heavy atom. The molecule has 1 unspecified atom stereocenters. The van der Waals surface area contributed by atoms with E-state index in [0.717, 1.165) is 36.3 Å². The number of carbonyl (C=O) groups is 1. The fourth-order valence-corrected chi connectivity index (χ4v) is 3.30. The van der Waals surface area contributed by atoms with Crippen LogP contribution in [0.5, 0.6) is 0 Å². The molecule has 1 aromatic carbocycles. The fraction of sp³-hybridized carbons (Fsp3) is 0.421. The second-order valence-electron chi connectivity index (χ2n) is 6.27. The summed E-state index contributed by atoms with van der Waals surface area (Å²) in [5.41, 5.74) is 4.19. The van der Waals surface area contributed by atoms with Gasteiger partial charge in [-0.3, -0.25) is 14.8 Å². The topological polar surface area (TPSA) is 55.3 Å². The minimum atomic E-state index is 0.0446. The maximum Gasteiger partial charge on any atom is 0.248 e. The van der Waals surface area contributed by atoms with Crippen LogP contribution in [-0.2, 0) is 9.53 Å². The zero-order valence-corrected chi connectivity index (χ0v) is 14.2. The Hall–Kier alpha value is -2.27. The van der Waals surface area contributed by atoms with Crippen molar-refractivity contribution < 1.29 is 9.53 Å². The Labute approximate surface area is 142 Å². The smallest absolute Gasteiger partial charge is 0.248 e. The number of hydrogen-bond donors (Lipinski definition) is 0. The molecule has 0 aliphatic carbocycles. The van der Waals surface area contributed by atoms with E-state index in [9.17, 15) is 4.79 Å². The number of rotatable bonds is 4. The van der Waals surface area contributed by atoms with Crippen molar-refractivity contribution in [3.8, 4) is 11.3 Å². The van der Waals surface area contributed by atoms with Crippen molar-refractivity contribution in [2.45, 2.75) is 25.7 Å². The van der Waals surface area contributed by atoms with Crippen LogP contribution in [0.2, 0.25) is 0 Å². The third-order valence-corrected chi connectivity index (χ3v) is 4.45. The van der Waals surface area contributed by atoms with Gasteiger partial charge in [0, 0.05) is 44.1 Å².